The normalized spacial score (nSPS) is 11.7. The quantitative estimate of drug-likeness (QED) is 0.291. The number of aromatic nitrogens is 2. The van der Waals surface area contributed by atoms with Crippen LogP contribution >= 0.6 is 0 Å². The van der Waals surface area contributed by atoms with Gasteiger partial charge < -0.3 is 19.7 Å². The number of aryl methyl sites for hydroxylation is 1. The summed E-state index contributed by atoms with van der Waals surface area (Å²) in [6, 6.07) is 19.4. The number of carbonyl (C=O) groups is 1. The molecule has 8 heteroatoms. The molecule has 198 valence electrons. The van der Waals surface area contributed by atoms with E-state index in [0.717, 1.165) is 18.4 Å². The van der Waals surface area contributed by atoms with Crippen molar-refractivity contribution in [2.45, 2.75) is 39.7 Å². The second-order valence-electron chi connectivity index (χ2n) is 9.18. The minimum atomic E-state index is -0.510. The van der Waals surface area contributed by atoms with Gasteiger partial charge in [0.05, 0.1) is 42.5 Å². The van der Waals surface area contributed by atoms with Crippen molar-refractivity contribution in [2.24, 2.45) is 0 Å². The van der Waals surface area contributed by atoms with Crippen LogP contribution in [-0.2, 0) is 0 Å². The molecule has 1 aromatic heterocycles. The highest BCUT2D eigenvalue weighted by Crippen LogP contribution is 2.30. The summed E-state index contributed by atoms with van der Waals surface area (Å²) in [7, 11) is 3.12. The van der Waals surface area contributed by atoms with Crippen molar-refractivity contribution < 1.29 is 14.3 Å². The Balaban J connectivity index is 1.80. The Kier molecular flexibility index (Phi) is 8.31. The van der Waals surface area contributed by atoms with E-state index in [-0.39, 0.29) is 11.6 Å². The molecular weight excluding hydrogens is 480 g/mol. The van der Waals surface area contributed by atoms with Crippen LogP contribution in [0, 0.1) is 6.92 Å². The van der Waals surface area contributed by atoms with Crippen LogP contribution in [0.1, 0.15) is 44.1 Å². The molecule has 3 aromatic carbocycles. The molecule has 0 spiro atoms. The molecule has 1 atom stereocenters. The number of ether oxygens (including phenoxy) is 2. The number of benzene rings is 3. The number of nitrogens with zero attached hydrogens (tertiary/aromatic N) is 3. The number of hydrogen-bond acceptors (Lipinski definition) is 5. The Labute approximate surface area is 222 Å². The maximum Gasteiger partial charge on any atom is 0.322 e. The van der Waals surface area contributed by atoms with E-state index in [4.69, 9.17) is 14.5 Å². The predicted molar refractivity (Wildman–Crippen MR) is 151 cm³/mol. The van der Waals surface area contributed by atoms with Crippen LogP contribution in [0.15, 0.2) is 71.5 Å². The standard InChI is InChI=1S/C30H34N4O4/c1-6-7-18-33(30(36)32-26-17-16-23(37-4)19-27(26)38-5)21(3)28-31-25-11-9-8-10-24(25)29(35)34(28)22-14-12-20(2)13-15-22/h8-17,19,21H,6-7,18H2,1-5H3,(H,32,36). The van der Waals surface area contributed by atoms with Crippen molar-refractivity contribution in [3.63, 3.8) is 0 Å². The molecule has 4 aromatic rings. The van der Waals surface area contributed by atoms with Gasteiger partial charge in [0.2, 0.25) is 0 Å². The lowest BCUT2D eigenvalue weighted by atomic mass is 10.1. The Bertz CT molecular complexity index is 1480. The third-order valence-electron chi connectivity index (χ3n) is 6.60. The topological polar surface area (TPSA) is 85.7 Å². The molecule has 2 amide bonds. The SMILES string of the molecule is CCCCN(C(=O)Nc1ccc(OC)cc1OC)C(C)c1nc2ccccc2c(=O)n1-c1ccc(C)cc1. The number of methoxy groups -OCH3 is 2. The zero-order valence-electron chi connectivity index (χ0n) is 22.5. The molecule has 4 rings (SSSR count). The molecule has 0 fully saturated rings. The maximum absolute atomic E-state index is 13.8. The van der Waals surface area contributed by atoms with E-state index in [9.17, 15) is 9.59 Å². The molecule has 8 nitrogen and oxygen atoms in total. The van der Waals surface area contributed by atoms with Crippen molar-refractivity contribution >= 4 is 22.6 Å². The Morgan fingerprint density at radius 2 is 1.79 bits per heavy atom. The van der Waals surface area contributed by atoms with E-state index in [1.807, 2.05) is 56.3 Å². The van der Waals surface area contributed by atoms with Crippen LogP contribution in [0.5, 0.6) is 11.5 Å². The first-order valence-corrected chi connectivity index (χ1v) is 12.8. The van der Waals surface area contributed by atoms with Crippen LogP contribution in [-0.4, -0.2) is 41.2 Å². The summed E-state index contributed by atoms with van der Waals surface area (Å²) in [6.07, 6.45) is 1.69. The van der Waals surface area contributed by atoms with Crippen molar-refractivity contribution in [2.75, 3.05) is 26.1 Å². The molecule has 38 heavy (non-hydrogen) atoms. The highest BCUT2D eigenvalue weighted by atomic mass is 16.5. The summed E-state index contributed by atoms with van der Waals surface area (Å²) in [6.45, 7) is 6.46. The lowest BCUT2D eigenvalue weighted by Gasteiger charge is -2.31. The molecule has 0 aliphatic heterocycles. The van der Waals surface area contributed by atoms with E-state index in [2.05, 4.69) is 12.2 Å². The first-order chi connectivity index (χ1) is 18.4. The van der Waals surface area contributed by atoms with Crippen LogP contribution in [0.4, 0.5) is 10.5 Å². The number of amides is 2. The predicted octanol–water partition coefficient (Wildman–Crippen LogP) is 6.11. The summed E-state index contributed by atoms with van der Waals surface area (Å²) < 4.78 is 12.4. The summed E-state index contributed by atoms with van der Waals surface area (Å²) in [5.74, 6) is 1.60. The van der Waals surface area contributed by atoms with Crippen LogP contribution in [0.2, 0.25) is 0 Å². The maximum atomic E-state index is 13.8. The van der Waals surface area contributed by atoms with Crippen LogP contribution in [0.25, 0.3) is 16.6 Å². The van der Waals surface area contributed by atoms with Gasteiger partial charge in [0, 0.05) is 12.6 Å². The molecule has 0 aliphatic rings. The zero-order chi connectivity index (χ0) is 27.2. The lowest BCUT2D eigenvalue weighted by Crippen LogP contribution is -2.40. The first kappa shape index (κ1) is 26.7. The minimum Gasteiger partial charge on any atom is -0.497 e. The number of anilines is 1. The molecule has 1 unspecified atom stereocenters. The Morgan fingerprint density at radius 1 is 1.05 bits per heavy atom. The zero-order valence-corrected chi connectivity index (χ0v) is 22.5. The molecule has 0 saturated carbocycles. The average Bonchev–Trinajstić information content (AvgIpc) is 2.94. The fraction of sp³-hybridized carbons (Fsp3) is 0.300. The highest BCUT2D eigenvalue weighted by Gasteiger charge is 2.27. The lowest BCUT2D eigenvalue weighted by molar-refractivity contribution is 0.188. The second kappa shape index (κ2) is 11.8. The van der Waals surface area contributed by atoms with Gasteiger partial charge in [0.1, 0.15) is 17.3 Å². The number of rotatable bonds is 9. The molecule has 0 saturated heterocycles. The number of nitrogens with one attached hydrogen (secondary N) is 1. The fourth-order valence-electron chi connectivity index (χ4n) is 4.40. The number of para-hydroxylation sites is 1. The number of fused-ring (bicyclic) bond motifs is 1. The van der Waals surface area contributed by atoms with Crippen molar-refractivity contribution in [1.82, 2.24) is 14.5 Å². The van der Waals surface area contributed by atoms with E-state index >= 15 is 0 Å². The molecule has 0 radical (unpaired) electrons. The van der Waals surface area contributed by atoms with Crippen molar-refractivity contribution in [3.8, 4) is 17.2 Å². The van der Waals surface area contributed by atoms with Gasteiger partial charge in [-0.2, -0.15) is 0 Å². The molecular formula is C30H34N4O4. The number of hydrogen-bond donors (Lipinski definition) is 1. The number of unbranched alkanes of at least 4 members (excludes halogenated alkanes) is 1. The van der Waals surface area contributed by atoms with E-state index in [0.29, 0.717) is 46.1 Å². The van der Waals surface area contributed by atoms with Gasteiger partial charge in [-0.15, -0.1) is 0 Å². The Hall–Kier alpha value is -4.33. The van der Waals surface area contributed by atoms with Gasteiger partial charge in [-0.05, 0) is 56.7 Å². The summed E-state index contributed by atoms with van der Waals surface area (Å²) in [4.78, 5) is 34.1. The molecule has 0 aliphatic carbocycles. The van der Waals surface area contributed by atoms with E-state index in [1.165, 1.54) is 0 Å². The van der Waals surface area contributed by atoms with Crippen LogP contribution in [0.3, 0.4) is 0 Å². The van der Waals surface area contributed by atoms with Crippen molar-refractivity contribution in [3.05, 3.63) is 88.5 Å². The minimum absolute atomic E-state index is 0.172. The smallest absolute Gasteiger partial charge is 0.322 e. The van der Waals surface area contributed by atoms with Crippen molar-refractivity contribution in [1.29, 1.82) is 0 Å². The van der Waals surface area contributed by atoms with Gasteiger partial charge in [-0.3, -0.25) is 9.36 Å². The van der Waals surface area contributed by atoms with Gasteiger partial charge in [0.25, 0.3) is 5.56 Å². The highest BCUT2D eigenvalue weighted by molar-refractivity contribution is 5.91. The van der Waals surface area contributed by atoms with E-state index < -0.39 is 6.04 Å². The third-order valence-corrected chi connectivity index (χ3v) is 6.60. The summed E-state index contributed by atoms with van der Waals surface area (Å²) >= 11 is 0. The molecule has 1 heterocycles. The van der Waals surface area contributed by atoms with Gasteiger partial charge >= 0.3 is 6.03 Å². The van der Waals surface area contributed by atoms with Gasteiger partial charge in [-0.25, -0.2) is 9.78 Å². The van der Waals surface area contributed by atoms with E-state index in [1.54, 1.807) is 48.0 Å². The third kappa shape index (κ3) is 5.49. The number of urea groups is 1. The summed E-state index contributed by atoms with van der Waals surface area (Å²) in [5, 5.41) is 3.51. The second-order valence-corrected chi connectivity index (χ2v) is 9.18. The largest absolute Gasteiger partial charge is 0.497 e. The Morgan fingerprint density at radius 3 is 2.47 bits per heavy atom. The monoisotopic (exact) mass is 514 g/mol. The fourth-order valence-corrected chi connectivity index (χ4v) is 4.40. The molecule has 0 bridgehead atoms. The summed E-state index contributed by atoms with van der Waals surface area (Å²) in [5.41, 5.74) is 2.73. The molecule has 1 N–H and O–H groups in total. The van der Waals surface area contributed by atoms with Gasteiger partial charge in [-0.1, -0.05) is 43.2 Å². The number of carbonyl (C=O) groups excluding carboxylic acids is 1. The first-order valence-electron chi connectivity index (χ1n) is 12.8. The van der Waals surface area contributed by atoms with Gasteiger partial charge in [0.15, 0.2) is 0 Å². The average molecular weight is 515 g/mol. The van der Waals surface area contributed by atoms with Crippen LogP contribution < -0.4 is 20.3 Å².